The van der Waals surface area contributed by atoms with Crippen molar-refractivity contribution in [3.63, 3.8) is 0 Å². The van der Waals surface area contributed by atoms with Gasteiger partial charge in [-0.25, -0.2) is 8.42 Å². The Kier molecular flexibility index (Phi) is 4.50. The minimum atomic E-state index is -3.51. The molecule has 1 aromatic carbocycles. The van der Waals surface area contributed by atoms with E-state index in [1.807, 2.05) is 19.0 Å². The van der Waals surface area contributed by atoms with Crippen molar-refractivity contribution in [3.05, 3.63) is 24.3 Å². The van der Waals surface area contributed by atoms with Crippen molar-refractivity contribution in [1.82, 2.24) is 9.21 Å². The molecule has 0 aromatic heterocycles. The molecule has 0 fully saturated rings. The van der Waals surface area contributed by atoms with Crippen molar-refractivity contribution in [2.45, 2.75) is 4.90 Å². The number of rotatable bonds is 5. The van der Waals surface area contributed by atoms with Gasteiger partial charge in [-0.3, -0.25) is 0 Å². The molecule has 0 amide bonds. The van der Waals surface area contributed by atoms with Crippen molar-refractivity contribution >= 4 is 10.0 Å². The third-order valence-corrected chi connectivity index (χ3v) is 4.24. The summed E-state index contributed by atoms with van der Waals surface area (Å²) in [4.78, 5) is 2.02. The molecule has 0 aliphatic rings. The quantitative estimate of drug-likeness (QED) is 0.839. The average molecular weight is 258 g/mol. The van der Waals surface area contributed by atoms with Crippen LogP contribution in [0.3, 0.4) is 0 Å². The first-order valence-electron chi connectivity index (χ1n) is 5.24. The van der Waals surface area contributed by atoms with Gasteiger partial charge in [0.15, 0.2) is 0 Å². The lowest BCUT2D eigenvalue weighted by Crippen LogP contribution is -2.33. The molecule has 0 aliphatic carbocycles. The van der Waals surface area contributed by atoms with Gasteiger partial charge in [-0.1, -0.05) is 6.07 Å². The monoisotopic (exact) mass is 258 g/mol. The molecule has 0 spiro atoms. The number of hydrogen-bond acceptors (Lipinski definition) is 4. The lowest BCUT2D eigenvalue weighted by molar-refractivity contribution is 0.358. The predicted octanol–water partition coefficient (Wildman–Crippen LogP) is 0.574. The summed E-state index contributed by atoms with van der Waals surface area (Å²) in [7, 11) is 1.79. The van der Waals surface area contributed by atoms with Crippen molar-refractivity contribution in [2.75, 3.05) is 34.2 Å². The highest BCUT2D eigenvalue weighted by Gasteiger charge is 2.20. The first kappa shape index (κ1) is 14.0. The second-order valence-electron chi connectivity index (χ2n) is 4.13. The van der Waals surface area contributed by atoms with Crippen LogP contribution < -0.4 is 0 Å². The van der Waals surface area contributed by atoms with E-state index in [1.165, 1.54) is 35.6 Å². The zero-order chi connectivity index (χ0) is 13.1. The standard InChI is InChI=1S/C11H18N2O3S/c1-12(2)7-8-13(3)17(15,16)11-6-4-5-10(14)9-11/h4-6,9,14H,7-8H2,1-3H3. The summed E-state index contributed by atoms with van der Waals surface area (Å²) < 4.78 is 25.5. The van der Waals surface area contributed by atoms with E-state index in [0.29, 0.717) is 13.1 Å². The van der Waals surface area contributed by atoms with Gasteiger partial charge in [0.1, 0.15) is 5.75 Å². The Bertz CT molecular complexity index is 471. The van der Waals surface area contributed by atoms with Crippen molar-refractivity contribution in [2.24, 2.45) is 0 Å². The van der Waals surface area contributed by atoms with E-state index >= 15 is 0 Å². The zero-order valence-corrected chi connectivity index (χ0v) is 11.1. The van der Waals surface area contributed by atoms with Crippen LogP contribution in [0.2, 0.25) is 0 Å². The molecule has 96 valence electrons. The first-order valence-corrected chi connectivity index (χ1v) is 6.68. The highest BCUT2D eigenvalue weighted by molar-refractivity contribution is 7.89. The van der Waals surface area contributed by atoms with Crippen LogP contribution >= 0.6 is 0 Å². The number of benzene rings is 1. The molecule has 0 bridgehead atoms. The van der Waals surface area contributed by atoms with E-state index in [9.17, 15) is 13.5 Å². The second-order valence-corrected chi connectivity index (χ2v) is 6.17. The lowest BCUT2D eigenvalue weighted by Gasteiger charge is -2.19. The van der Waals surface area contributed by atoms with E-state index < -0.39 is 10.0 Å². The van der Waals surface area contributed by atoms with Crippen molar-refractivity contribution in [1.29, 1.82) is 0 Å². The number of nitrogens with zero attached hydrogens (tertiary/aromatic N) is 2. The Morgan fingerprint density at radius 2 is 1.82 bits per heavy atom. The second kappa shape index (κ2) is 5.48. The maximum absolute atomic E-state index is 12.1. The third-order valence-electron chi connectivity index (χ3n) is 2.39. The molecule has 1 N–H and O–H groups in total. The molecule has 5 nitrogen and oxygen atoms in total. The maximum atomic E-state index is 12.1. The molecule has 0 atom stereocenters. The minimum absolute atomic E-state index is 0.0490. The molecule has 1 aromatic rings. The smallest absolute Gasteiger partial charge is 0.242 e. The summed E-state index contributed by atoms with van der Waals surface area (Å²) in [5, 5.41) is 9.29. The van der Waals surface area contributed by atoms with E-state index in [2.05, 4.69) is 0 Å². The normalized spacial score (nSPS) is 12.3. The Morgan fingerprint density at radius 1 is 1.18 bits per heavy atom. The highest BCUT2D eigenvalue weighted by Crippen LogP contribution is 2.18. The summed E-state index contributed by atoms with van der Waals surface area (Å²) in [5.74, 6) is -0.0490. The summed E-state index contributed by atoms with van der Waals surface area (Å²) in [6, 6.07) is 5.68. The molecule has 0 saturated carbocycles. The number of likely N-dealkylation sites (N-methyl/N-ethyl adjacent to an activating group) is 2. The van der Waals surface area contributed by atoms with Gasteiger partial charge in [0.05, 0.1) is 4.90 Å². The van der Waals surface area contributed by atoms with Gasteiger partial charge in [0, 0.05) is 20.1 Å². The Hall–Kier alpha value is -1.11. The highest BCUT2D eigenvalue weighted by atomic mass is 32.2. The van der Waals surface area contributed by atoms with Gasteiger partial charge in [-0.2, -0.15) is 4.31 Å². The van der Waals surface area contributed by atoms with Crippen LogP contribution in [0.4, 0.5) is 0 Å². The number of sulfonamides is 1. The van der Waals surface area contributed by atoms with Crippen LogP contribution in [-0.4, -0.2) is 57.0 Å². The third kappa shape index (κ3) is 3.69. The topological polar surface area (TPSA) is 60.9 Å². The van der Waals surface area contributed by atoms with Gasteiger partial charge in [0.25, 0.3) is 0 Å². The van der Waals surface area contributed by atoms with Crippen LogP contribution in [0.25, 0.3) is 0 Å². The predicted molar refractivity (Wildman–Crippen MR) is 66.5 cm³/mol. The summed E-state index contributed by atoms with van der Waals surface area (Å²) in [6.07, 6.45) is 0. The first-order chi connectivity index (χ1) is 7.84. The van der Waals surface area contributed by atoms with Crippen LogP contribution in [0.5, 0.6) is 5.75 Å². The molecule has 0 heterocycles. The molecule has 6 heteroatoms. The van der Waals surface area contributed by atoms with Crippen molar-refractivity contribution < 1.29 is 13.5 Å². The fourth-order valence-electron chi connectivity index (χ4n) is 1.28. The van der Waals surface area contributed by atoms with Gasteiger partial charge in [-0.05, 0) is 32.3 Å². The van der Waals surface area contributed by atoms with Gasteiger partial charge < -0.3 is 10.0 Å². The van der Waals surface area contributed by atoms with Crippen LogP contribution in [0.15, 0.2) is 29.2 Å². The van der Waals surface area contributed by atoms with E-state index in [-0.39, 0.29) is 10.6 Å². The van der Waals surface area contributed by atoms with Crippen LogP contribution in [0.1, 0.15) is 0 Å². The molecule has 0 saturated heterocycles. The largest absolute Gasteiger partial charge is 0.508 e. The Labute approximate surface area is 102 Å². The maximum Gasteiger partial charge on any atom is 0.242 e. The Balaban J connectivity index is 2.88. The van der Waals surface area contributed by atoms with Gasteiger partial charge in [-0.15, -0.1) is 0 Å². The molecule has 0 unspecified atom stereocenters. The number of phenolic OH excluding ortho intramolecular Hbond substituents is 1. The molecular formula is C11H18N2O3S. The molecular weight excluding hydrogens is 240 g/mol. The number of hydrogen-bond donors (Lipinski definition) is 1. The summed E-state index contributed by atoms with van der Waals surface area (Å²) >= 11 is 0. The average Bonchev–Trinajstić information content (AvgIpc) is 2.25. The number of aromatic hydroxyl groups is 1. The van der Waals surface area contributed by atoms with Crippen LogP contribution in [-0.2, 0) is 10.0 Å². The minimum Gasteiger partial charge on any atom is -0.508 e. The van der Waals surface area contributed by atoms with Gasteiger partial charge >= 0.3 is 0 Å². The summed E-state index contributed by atoms with van der Waals surface area (Å²) in [5.41, 5.74) is 0. The molecule has 0 aliphatic heterocycles. The fraction of sp³-hybridized carbons (Fsp3) is 0.455. The molecule has 17 heavy (non-hydrogen) atoms. The van der Waals surface area contributed by atoms with E-state index in [4.69, 9.17) is 0 Å². The van der Waals surface area contributed by atoms with Crippen LogP contribution in [0, 0.1) is 0 Å². The lowest BCUT2D eigenvalue weighted by atomic mass is 10.3. The van der Waals surface area contributed by atoms with E-state index in [0.717, 1.165) is 0 Å². The molecule has 1 rings (SSSR count). The Morgan fingerprint density at radius 3 is 2.35 bits per heavy atom. The zero-order valence-electron chi connectivity index (χ0n) is 10.3. The number of phenols is 1. The van der Waals surface area contributed by atoms with Crippen molar-refractivity contribution in [3.8, 4) is 5.75 Å². The SMILES string of the molecule is CN(C)CCN(C)S(=O)(=O)c1cccc(O)c1. The van der Waals surface area contributed by atoms with E-state index in [1.54, 1.807) is 0 Å². The molecule has 0 radical (unpaired) electrons. The fourth-order valence-corrected chi connectivity index (χ4v) is 2.49. The summed E-state index contributed by atoms with van der Waals surface area (Å²) in [6.45, 7) is 1.06. The van der Waals surface area contributed by atoms with Gasteiger partial charge in [0.2, 0.25) is 10.0 Å².